The highest BCUT2D eigenvalue weighted by Gasteiger charge is 2.45. The van der Waals surface area contributed by atoms with Crippen LogP contribution < -0.4 is 5.73 Å². The van der Waals surface area contributed by atoms with E-state index in [9.17, 15) is 0 Å². The van der Waals surface area contributed by atoms with Crippen LogP contribution in [0.3, 0.4) is 0 Å². The van der Waals surface area contributed by atoms with Crippen LogP contribution in [0.2, 0.25) is 0 Å². The van der Waals surface area contributed by atoms with E-state index in [1.165, 1.54) is 45.2 Å². The van der Waals surface area contributed by atoms with Gasteiger partial charge in [-0.15, -0.1) is 0 Å². The monoisotopic (exact) mass is 270 g/mol. The lowest BCUT2D eigenvalue weighted by molar-refractivity contribution is 0.00295. The van der Waals surface area contributed by atoms with Crippen molar-refractivity contribution in [3.05, 3.63) is 0 Å². The Morgan fingerprint density at radius 1 is 1.22 bits per heavy atom. The number of nitrogens with zero attached hydrogens (tertiary/aromatic N) is 1. The summed E-state index contributed by atoms with van der Waals surface area (Å²) in [5.74, 6) is 0.818. The molecule has 2 fully saturated rings. The molecular formula is C15H30N2S. The highest BCUT2D eigenvalue weighted by Crippen LogP contribution is 2.42. The van der Waals surface area contributed by atoms with Gasteiger partial charge in [-0.3, -0.25) is 4.90 Å². The molecule has 2 rings (SSSR count). The van der Waals surface area contributed by atoms with Crippen LogP contribution in [0.25, 0.3) is 0 Å². The van der Waals surface area contributed by atoms with Crippen LogP contribution in [0, 0.1) is 5.92 Å². The minimum absolute atomic E-state index is 0.316. The Hall–Kier alpha value is 0.270. The van der Waals surface area contributed by atoms with Gasteiger partial charge in [-0.05, 0) is 18.8 Å². The van der Waals surface area contributed by atoms with Crippen LogP contribution in [0.15, 0.2) is 0 Å². The van der Waals surface area contributed by atoms with Gasteiger partial charge in [0.1, 0.15) is 0 Å². The highest BCUT2D eigenvalue weighted by molar-refractivity contribution is 8.00. The van der Waals surface area contributed by atoms with Gasteiger partial charge in [0.05, 0.1) is 0 Å². The zero-order chi connectivity index (χ0) is 13.2. The fourth-order valence-electron chi connectivity index (χ4n) is 4.23. The molecule has 1 heterocycles. The van der Waals surface area contributed by atoms with Crippen LogP contribution >= 0.6 is 11.8 Å². The lowest BCUT2D eigenvalue weighted by atomic mass is 9.70. The smallest absolute Gasteiger partial charge is 0.0360 e. The van der Waals surface area contributed by atoms with Crippen molar-refractivity contribution in [2.75, 3.05) is 19.6 Å². The molecule has 106 valence electrons. The summed E-state index contributed by atoms with van der Waals surface area (Å²) in [7, 11) is 0. The van der Waals surface area contributed by atoms with Crippen LogP contribution in [0.4, 0.5) is 0 Å². The van der Waals surface area contributed by atoms with Gasteiger partial charge in [0, 0.05) is 35.7 Å². The normalized spacial score (nSPS) is 43.0. The van der Waals surface area contributed by atoms with Crippen molar-refractivity contribution in [1.29, 1.82) is 0 Å². The molecule has 0 aromatic rings. The van der Waals surface area contributed by atoms with Crippen LogP contribution in [-0.2, 0) is 0 Å². The predicted octanol–water partition coefficient (Wildman–Crippen LogP) is 3.11. The quantitative estimate of drug-likeness (QED) is 0.854. The molecule has 0 radical (unpaired) electrons. The molecule has 4 unspecified atom stereocenters. The third-order valence-corrected chi connectivity index (χ3v) is 6.30. The van der Waals surface area contributed by atoms with Crippen molar-refractivity contribution in [2.45, 2.75) is 68.9 Å². The summed E-state index contributed by atoms with van der Waals surface area (Å²) in [5.41, 5.74) is 6.59. The predicted molar refractivity (Wildman–Crippen MR) is 82.1 cm³/mol. The number of thioether (sulfide) groups is 1. The molecule has 0 aromatic heterocycles. The Morgan fingerprint density at radius 3 is 2.44 bits per heavy atom. The van der Waals surface area contributed by atoms with Crippen molar-refractivity contribution in [2.24, 2.45) is 11.7 Å². The van der Waals surface area contributed by atoms with E-state index in [0.717, 1.165) is 23.0 Å². The molecule has 0 aromatic carbocycles. The van der Waals surface area contributed by atoms with Crippen molar-refractivity contribution in [3.8, 4) is 0 Å². The lowest BCUT2D eigenvalue weighted by Crippen LogP contribution is -2.63. The van der Waals surface area contributed by atoms with Gasteiger partial charge >= 0.3 is 0 Å². The van der Waals surface area contributed by atoms with Crippen LogP contribution in [-0.4, -0.2) is 40.6 Å². The van der Waals surface area contributed by atoms with E-state index in [4.69, 9.17) is 5.73 Å². The van der Waals surface area contributed by atoms with Crippen molar-refractivity contribution in [3.63, 3.8) is 0 Å². The summed E-state index contributed by atoms with van der Waals surface area (Å²) in [6.45, 7) is 10.4. The average molecular weight is 270 g/mol. The molecule has 1 aliphatic heterocycles. The number of rotatable bonds is 3. The van der Waals surface area contributed by atoms with Gasteiger partial charge in [0.25, 0.3) is 0 Å². The first-order valence-electron chi connectivity index (χ1n) is 7.73. The van der Waals surface area contributed by atoms with E-state index < -0.39 is 0 Å². The molecular weight excluding hydrogens is 240 g/mol. The van der Waals surface area contributed by atoms with Gasteiger partial charge in [0.15, 0.2) is 0 Å². The van der Waals surface area contributed by atoms with E-state index in [1.807, 2.05) is 0 Å². The molecule has 4 atom stereocenters. The fourth-order valence-corrected chi connectivity index (χ4v) is 5.56. The van der Waals surface area contributed by atoms with Crippen molar-refractivity contribution >= 4 is 11.8 Å². The highest BCUT2D eigenvalue weighted by atomic mass is 32.2. The average Bonchev–Trinajstić information content (AvgIpc) is 2.37. The first-order valence-corrected chi connectivity index (χ1v) is 8.67. The molecule has 18 heavy (non-hydrogen) atoms. The fraction of sp³-hybridized carbons (Fsp3) is 1.00. The van der Waals surface area contributed by atoms with E-state index >= 15 is 0 Å². The summed E-state index contributed by atoms with van der Waals surface area (Å²) in [6.07, 6.45) is 6.80. The Morgan fingerprint density at radius 2 is 1.89 bits per heavy atom. The zero-order valence-electron chi connectivity index (χ0n) is 12.3. The number of hydrogen-bond acceptors (Lipinski definition) is 3. The van der Waals surface area contributed by atoms with Gasteiger partial charge in [-0.1, -0.05) is 40.0 Å². The first-order chi connectivity index (χ1) is 8.62. The summed E-state index contributed by atoms with van der Waals surface area (Å²) in [4.78, 5) is 2.77. The maximum absolute atomic E-state index is 6.28. The summed E-state index contributed by atoms with van der Waals surface area (Å²) in [5, 5.41) is 1.52. The Bertz CT molecular complexity index is 261. The van der Waals surface area contributed by atoms with Crippen molar-refractivity contribution < 1.29 is 0 Å². The first kappa shape index (κ1) is 14.7. The molecule has 0 amide bonds. The SMILES string of the molecule is CCC1CCCCC1(CN)N1CC(C)SC(C)C1. The molecule has 0 spiro atoms. The maximum atomic E-state index is 6.28. The Labute approximate surface area is 117 Å². The molecule has 1 saturated heterocycles. The molecule has 0 bridgehead atoms. The topological polar surface area (TPSA) is 29.3 Å². The van der Waals surface area contributed by atoms with Crippen LogP contribution in [0.1, 0.15) is 52.9 Å². The molecule has 1 aliphatic carbocycles. The third kappa shape index (κ3) is 2.73. The van der Waals surface area contributed by atoms with E-state index in [0.29, 0.717) is 5.54 Å². The molecule has 2 aliphatic rings. The molecule has 2 nitrogen and oxygen atoms in total. The van der Waals surface area contributed by atoms with Gasteiger partial charge < -0.3 is 5.73 Å². The summed E-state index contributed by atoms with van der Waals surface area (Å²) in [6, 6.07) is 0. The van der Waals surface area contributed by atoms with E-state index in [2.05, 4.69) is 37.4 Å². The minimum Gasteiger partial charge on any atom is -0.329 e. The second kappa shape index (κ2) is 6.15. The van der Waals surface area contributed by atoms with Gasteiger partial charge in [0.2, 0.25) is 0 Å². The third-order valence-electron chi connectivity index (χ3n) is 5.07. The van der Waals surface area contributed by atoms with E-state index in [1.54, 1.807) is 0 Å². The standard InChI is InChI=1S/C15H30N2S/c1-4-14-7-5-6-8-15(14,11-16)17-9-12(2)18-13(3)10-17/h12-14H,4-11,16H2,1-3H3. The summed E-state index contributed by atoms with van der Waals surface area (Å²) >= 11 is 2.14. The van der Waals surface area contributed by atoms with Gasteiger partial charge in [-0.2, -0.15) is 11.8 Å². The number of nitrogens with two attached hydrogens (primary N) is 1. The second-order valence-electron chi connectivity index (χ2n) is 6.32. The molecule has 3 heteroatoms. The molecule has 1 saturated carbocycles. The zero-order valence-corrected chi connectivity index (χ0v) is 13.1. The Balaban J connectivity index is 2.18. The second-order valence-corrected chi connectivity index (χ2v) is 8.20. The number of hydrogen-bond donors (Lipinski definition) is 1. The van der Waals surface area contributed by atoms with Gasteiger partial charge in [-0.25, -0.2) is 0 Å². The maximum Gasteiger partial charge on any atom is 0.0360 e. The lowest BCUT2D eigenvalue weighted by Gasteiger charge is -2.54. The van der Waals surface area contributed by atoms with E-state index in [-0.39, 0.29) is 0 Å². The largest absolute Gasteiger partial charge is 0.329 e. The minimum atomic E-state index is 0.316. The Kier molecular flexibility index (Phi) is 5.01. The van der Waals surface area contributed by atoms with Crippen molar-refractivity contribution in [1.82, 2.24) is 4.90 Å². The van der Waals surface area contributed by atoms with Crippen LogP contribution in [0.5, 0.6) is 0 Å². The molecule has 2 N–H and O–H groups in total. The summed E-state index contributed by atoms with van der Waals surface area (Å²) < 4.78 is 0.